The van der Waals surface area contributed by atoms with Gasteiger partial charge in [-0.1, -0.05) is 19.1 Å². The van der Waals surface area contributed by atoms with Crippen LogP contribution < -0.4 is 10.6 Å². The third kappa shape index (κ3) is 6.77. The zero-order valence-corrected chi connectivity index (χ0v) is 22.8. The number of aryl methyl sites for hydroxylation is 1. The monoisotopic (exact) mass is 537 g/mol. The average Bonchev–Trinajstić information content (AvgIpc) is 3.15. The van der Waals surface area contributed by atoms with Crippen molar-refractivity contribution in [2.75, 3.05) is 5.32 Å². The molecular formula is C30H36FN3O5. The van der Waals surface area contributed by atoms with Gasteiger partial charge in [-0.25, -0.2) is 14.0 Å². The molecule has 0 saturated heterocycles. The molecule has 1 aliphatic carbocycles. The molecule has 1 aliphatic rings. The molecule has 9 heteroatoms. The summed E-state index contributed by atoms with van der Waals surface area (Å²) in [6.07, 6.45) is 2.42. The molecule has 208 valence electrons. The third-order valence-electron chi connectivity index (χ3n) is 6.92. The van der Waals surface area contributed by atoms with E-state index in [2.05, 4.69) is 10.6 Å². The molecule has 1 aromatic heterocycles. The van der Waals surface area contributed by atoms with Crippen LogP contribution in [0.3, 0.4) is 0 Å². The van der Waals surface area contributed by atoms with Gasteiger partial charge in [0, 0.05) is 34.7 Å². The van der Waals surface area contributed by atoms with Gasteiger partial charge in [0.2, 0.25) is 5.91 Å². The van der Waals surface area contributed by atoms with Gasteiger partial charge in [-0.05, 0) is 94.3 Å². The van der Waals surface area contributed by atoms with E-state index in [9.17, 15) is 23.9 Å². The number of hydrogen-bond acceptors (Lipinski definition) is 4. The first-order valence-corrected chi connectivity index (χ1v) is 13.4. The van der Waals surface area contributed by atoms with E-state index in [0.29, 0.717) is 48.7 Å². The maximum absolute atomic E-state index is 14.2. The Morgan fingerprint density at radius 3 is 2.64 bits per heavy atom. The summed E-state index contributed by atoms with van der Waals surface area (Å²) < 4.78 is 21.3. The molecule has 39 heavy (non-hydrogen) atoms. The molecule has 4 rings (SSSR count). The van der Waals surface area contributed by atoms with Crippen molar-refractivity contribution >= 4 is 34.6 Å². The number of carbonyl (C=O) groups is 3. The molecule has 3 aromatic rings. The summed E-state index contributed by atoms with van der Waals surface area (Å²) in [7, 11) is 0. The normalized spacial score (nSPS) is 15.9. The van der Waals surface area contributed by atoms with Crippen LogP contribution in [-0.2, 0) is 33.6 Å². The molecule has 2 unspecified atom stereocenters. The van der Waals surface area contributed by atoms with Crippen molar-refractivity contribution in [3.63, 3.8) is 0 Å². The number of carbonyl (C=O) groups excluding carboxylic acids is 2. The highest BCUT2D eigenvalue weighted by Gasteiger charge is 2.31. The van der Waals surface area contributed by atoms with Gasteiger partial charge in [-0.2, -0.15) is 0 Å². The number of carboxylic acids is 1. The Morgan fingerprint density at radius 2 is 1.95 bits per heavy atom. The van der Waals surface area contributed by atoms with Crippen LogP contribution in [0, 0.1) is 5.82 Å². The maximum atomic E-state index is 14.2. The van der Waals surface area contributed by atoms with Crippen LogP contribution in [0.1, 0.15) is 69.8 Å². The van der Waals surface area contributed by atoms with E-state index >= 15 is 0 Å². The Balaban J connectivity index is 1.41. The van der Waals surface area contributed by atoms with Gasteiger partial charge in [-0.15, -0.1) is 0 Å². The van der Waals surface area contributed by atoms with Gasteiger partial charge < -0.3 is 19.7 Å². The molecular weight excluding hydrogens is 501 g/mol. The Morgan fingerprint density at radius 1 is 1.18 bits per heavy atom. The fourth-order valence-electron chi connectivity index (χ4n) is 5.30. The summed E-state index contributed by atoms with van der Waals surface area (Å²) in [5, 5.41) is 16.3. The van der Waals surface area contributed by atoms with Crippen molar-refractivity contribution < 1.29 is 28.6 Å². The molecule has 8 nitrogen and oxygen atoms in total. The minimum absolute atomic E-state index is 0.0964. The van der Waals surface area contributed by atoms with Gasteiger partial charge in [0.1, 0.15) is 17.5 Å². The summed E-state index contributed by atoms with van der Waals surface area (Å²) in [5.41, 5.74) is 3.42. The van der Waals surface area contributed by atoms with E-state index in [1.807, 2.05) is 29.7 Å². The number of carboxylic acid groups (broad SMARTS) is 1. The number of amides is 2. The number of nitrogens with one attached hydrogen (secondary N) is 2. The van der Waals surface area contributed by atoms with E-state index in [1.54, 1.807) is 32.9 Å². The Labute approximate surface area is 227 Å². The molecule has 0 spiro atoms. The number of halogens is 1. The first-order valence-electron chi connectivity index (χ1n) is 13.4. The van der Waals surface area contributed by atoms with Crippen molar-refractivity contribution in [3.05, 3.63) is 65.1 Å². The van der Waals surface area contributed by atoms with Gasteiger partial charge in [0.05, 0.1) is 0 Å². The molecule has 2 aromatic carbocycles. The third-order valence-corrected chi connectivity index (χ3v) is 6.92. The molecule has 2 amide bonds. The van der Waals surface area contributed by atoms with E-state index < -0.39 is 23.7 Å². The first-order chi connectivity index (χ1) is 18.4. The number of nitrogens with zero attached hydrogens (tertiary/aromatic N) is 1. The summed E-state index contributed by atoms with van der Waals surface area (Å²) >= 11 is 0. The van der Waals surface area contributed by atoms with Crippen molar-refractivity contribution in [2.45, 2.75) is 83.9 Å². The zero-order chi connectivity index (χ0) is 28.3. The molecule has 0 aliphatic heterocycles. The molecule has 1 heterocycles. The number of fused-ring (bicyclic) bond motifs is 3. The van der Waals surface area contributed by atoms with Crippen LogP contribution in [0.5, 0.6) is 0 Å². The van der Waals surface area contributed by atoms with Crippen LogP contribution in [0.15, 0.2) is 42.5 Å². The number of anilines is 1. The maximum Gasteiger partial charge on any atom is 0.412 e. The molecule has 0 saturated carbocycles. The molecule has 3 N–H and O–H groups in total. The molecule has 0 bridgehead atoms. The van der Waals surface area contributed by atoms with Crippen LogP contribution in [0.2, 0.25) is 0 Å². The number of rotatable bonds is 8. The molecule has 0 radical (unpaired) electrons. The van der Waals surface area contributed by atoms with Gasteiger partial charge in [0.15, 0.2) is 0 Å². The number of hydrogen-bond donors (Lipinski definition) is 3. The van der Waals surface area contributed by atoms with Crippen molar-refractivity contribution in [1.29, 1.82) is 0 Å². The highest BCUT2D eigenvalue weighted by atomic mass is 19.1. The number of benzene rings is 2. The lowest BCUT2D eigenvalue weighted by atomic mass is 9.91. The summed E-state index contributed by atoms with van der Waals surface area (Å²) in [4.78, 5) is 36.9. The summed E-state index contributed by atoms with van der Waals surface area (Å²) in [5.74, 6) is -1.39. The fourth-order valence-corrected chi connectivity index (χ4v) is 5.30. The predicted molar refractivity (Wildman–Crippen MR) is 147 cm³/mol. The Kier molecular flexibility index (Phi) is 8.28. The SMILES string of the molecule is CCC(C(=O)O)n1c2c(c3cc(F)ccc31)CC(NC(=O)CCc1cccc(NC(=O)OC(C)(C)C)c1)CC2. The fraction of sp³-hybridized carbons (Fsp3) is 0.433. The second-order valence-electron chi connectivity index (χ2n) is 11.1. The van der Waals surface area contributed by atoms with E-state index in [-0.39, 0.29) is 24.2 Å². The standard InChI is InChI=1S/C30H36FN3O5/c1-5-24(28(36)37)34-25-12-10-19(31)16-22(25)23-17-21(11-13-26(23)34)32-27(35)14-9-18-7-6-8-20(15-18)33-29(38)39-30(2,3)4/h6-8,10,12,15-16,21,24H,5,9,11,13-14,17H2,1-4H3,(H,32,35)(H,33,38)(H,36,37). The van der Waals surface area contributed by atoms with Gasteiger partial charge in [-0.3, -0.25) is 10.1 Å². The Hall–Kier alpha value is -3.88. The second-order valence-corrected chi connectivity index (χ2v) is 11.1. The lowest BCUT2D eigenvalue weighted by Gasteiger charge is -2.26. The van der Waals surface area contributed by atoms with Gasteiger partial charge >= 0.3 is 12.1 Å². The quantitative estimate of drug-likeness (QED) is 0.338. The van der Waals surface area contributed by atoms with Gasteiger partial charge in [0.25, 0.3) is 0 Å². The van der Waals surface area contributed by atoms with Crippen LogP contribution >= 0.6 is 0 Å². The van der Waals surface area contributed by atoms with Crippen LogP contribution in [0.4, 0.5) is 14.9 Å². The first kappa shape index (κ1) is 28.1. The summed E-state index contributed by atoms with van der Waals surface area (Å²) in [6.45, 7) is 7.21. The van der Waals surface area contributed by atoms with Crippen LogP contribution in [0.25, 0.3) is 10.9 Å². The highest BCUT2D eigenvalue weighted by molar-refractivity contribution is 5.88. The summed E-state index contributed by atoms with van der Waals surface area (Å²) in [6, 6.07) is 10.9. The number of aliphatic carboxylic acids is 1. The van der Waals surface area contributed by atoms with Crippen molar-refractivity contribution in [2.24, 2.45) is 0 Å². The highest BCUT2D eigenvalue weighted by Crippen LogP contribution is 2.36. The average molecular weight is 538 g/mol. The van der Waals surface area contributed by atoms with Crippen LogP contribution in [-0.4, -0.2) is 39.3 Å². The predicted octanol–water partition coefficient (Wildman–Crippen LogP) is 5.77. The number of aromatic nitrogens is 1. The van der Waals surface area contributed by atoms with Crippen molar-refractivity contribution in [1.82, 2.24) is 9.88 Å². The topological polar surface area (TPSA) is 110 Å². The van der Waals surface area contributed by atoms with Crippen molar-refractivity contribution in [3.8, 4) is 0 Å². The zero-order valence-electron chi connectivity index (χ0n) is 22.8. The largest absolute Gasteiger partial charge is 0.480 e. The van der Waals surface area contributed by atoms with E-state index in [1.165, 1.54) is 12.1 Å². The Bertz CT molecular complexity index is 1390. The minimum atomic E-state index is -0.915. The smallest absolute Gasteiger partial charge is 0.412 e. The van der Waals surface area contributed by atoms with E-state index in [0.717, 1.165) is 16.8 Å². The second kappa shape index (κ2) is 11.5. The lowest BCUT2D eigenvalue weighted by molar-refractivity contribution is -0.141. The lowest BCUT2D eigenvalue weighted by Crippen LogP contribution is -2.39. The molecule has 0 fully saturated rings. The van der Waals surface area contributed by atoms with E-state index in [4.69, 9.17) is 4.74 Å². The number of ether oxygens (including phenoxy) is 1. The molecule has 2 atom stereocenters. The minimum Gasteiger partial charge on any atom is -0.480 e.